The summed E-state index contributed by atoms with van der Waals surface area (Å²) in [5, 5.41) is 3.46. The van der Waals surface area contributed by atoms with Gasteiger partial charge in [-0.05, 0) is 55.1 Å². The number of ether oxygens (including phenoxy) is 1. The number of carbonyl (C=O) groups excluding carboxylic acids is 1. The standard InChI is InChI=1S/C21H27N3O2/c1-26-20-6-2-4-17(14-20)10-13-24-19(7-8-21(24)25)9-12-23-16-18-5-3-11-22-15-18/h2-6,11,14-15,19,23H,7-10,12-13,16H2,1H3/t19-/m1/s1. The Morgan fingerprint density at radius 2 is 2.15 bits per heavy atom. The summed E-state index contributed by atoms with van der Waals surface area (Å²) in [5.41, 5.74) is 2.39. The van der Waals surface area contributed by atoms with E-state index < -0.39 is 0 Å². The van der Waals surface area contributed by atoms with Gasteiger partial charge in [0, 0.05) is 37.9 Å². The molecule has 138 valence electrons. The molecule has 1 fully saturated rings. The van der Waals surface area contributed by atoms with Crippen LogP contribution in [0.15, 0.2) is 48.8 Å². The van der Waals surface area contributed by atoms with Gasteiger partial charge in [-0.15, -0.1) is 0 Å². The first-order valence-corrected chi connectivity index (χ1v) is 9.28. The van der Waals surface area contributed by atoms with Crippen molar-refractivity contribution >= 4 is 5.91 Å². The Morgan fingerprint density at radius 1 is 1.27 bits per heavy atom. The van der Waals surface area contributed by atoms with Gasteiger partial charge in [0.15, 0.2) is 0 Å². The third-order valence-electron chi connectivity index (χ3n) is 4.93. The number of nitrogens with zero attached hydrogens (tertiary/aromatic N) is 2. The summed E-state index contributed by atoms with van der Waals surface area (Å²) < 4.78 is 5.28. The molecule has 1 aliphatic rings. The van der Waals surface area contributed by atoms with Crippen molar-refractivity contribution in [2.24, 2.45) is 0 Å². The number of hydrogen-bond donors (Lipinski definition) is 1. The highest BCUT2D eigenvalue weighted by Crippen LogP contribution is 2.22. The lowest BCUT2D eigenvalue weighted by Crippen LogP contribution is -2.36. The maximum Gasteiger partial charge on any atom is 0.222 e. The van der Waals surface area contributed by atoms with Crippen LogP contribution in [0, 0.1) is 0 Å². The molecule has 3 rings (SSSR count). The second-order valence-electron chi connectivity index (χ2n) is 6.71. The minimum atomic E-state index is 0.283. The molecule has 1 aromatic carbocycles. The van der Waals surface area contributed by atoms with Crippen LogP contribution < -0.4 is 10.1 Å². The van der Waals surface area contributed by atoms with Crippen LogP contribution in [0.25, 0.3) is 0 Å². The van der Waals surface area contributed by atoms with Crippen LogP contribution in [0.2, 0.25) is 0 Å². The minimum absolute atomic E-state index is 0.283. The highest BCUT2D eigenvalue weighted by Gasteiger charge is 2.29. The largest absolute Gasteiger partial charge is 0.497 e. The molecule has 0 unspecified atom stereocenters. The first-order chi connectivity index (χ1) is 12.8. The summed E-state index contributed by atoms with van der Waals surface area (Å²) >= 11 is 0. The quantitative estimate of drug-likeness (QED) is 0.705. The van der Waals surface area contributed by atoms with Crippen LogP contribution in [0.4, 0.5) is 0 Å². The van der Waals surface area contributed by atoms with Gasteiger partial charge in [0.05, 0.1) is 7.11 Å². The van der Waals surface area contributed by atoms with Crippen LogP contribution >= 0.6 is 0 Å². The third-order valence-corrected chi connectivity index (χ3v) is 4.93. The topological polar surface area (TPSA) is 54.5 Å². The Labute approximate surface area is 155 Å². The number of hydrogen-bond acceptors (Lipinski definition) is 4. The Balaban J connectivity index is 1.45. The third kappa shape index (κ3) is 5.05. The molecule has 0 aliphatic carbocycles. The van der Waals surface area contributed by atoms with E-state index in [-0.39, 0.29) is 5.91 Å². The molecule has 1 amide bonds. The zero-order valence-electron chi connectivity index (χ0n) is 15.4. The van der Waals surface area contributed by atoms with E-state index in [1.165, 1.54) is 11.1 Å². The van der Waals surface area contributed by atoms with Gasteiger partial charge >= 0.3 is 0 Å². The average molecular weight is 353 g/mol. The SMILES string of the molecule is COc1cccc(CCN2C(=O)CC[C@@H]2CCNCc2cccnc2)c1. The summed E-state index contributed by atoms with van der Waals surface area (Å²) in [7, 11) is 1.68. The summed E-state index contributed by atoms with van der Waals surface area (Å²) in [6.07, 6.45) is 7.16. The number of pyridine rings is 1. The summed E-state index contributed by atoms with van der Waals surface area (Å²) in [4.78, 5) is 18.4. The van der Waals surface area contributed by atoms with Crippen LogP contribution in [0.5, 0.6) is 5.75 Å². The number of likely N-dealkylation sites (tertiary alicyclic amines) is 1. The first kappa shape index (κ1) is 18.4. The van der Waals surface area contributed by atoms with Gasteiger partial charge in [-0.25, -0.2) is 0 Å². The Kier molecular flexibility index (Phi) is 6.61. The molecule has 1 aromatic heterocycles. The van der Waals surface area contributed by atoms with E-state index in [0.29, 0.717) is 12.5 Å². The minimum Gasteiger partial charge on any atom is -0.497 e. The van der Waals surface area contributed by atoms with E-state index in [4.69, 9.17) is 4.74 Å². The summed E-state index contributed by atoms with van der Waals surface area (Å²) in [6.45, 7) is 2.50. The monoisotopic (exact) mass is 353 g/mol. The molecular formula is C21H27N3O2. The van der Waals surface area contributed by atoms with Gasteiger partial charge in [0.2, 0.25) is 5.91 Å². The lowest BCUT2D eigenvalue weighted by Gasteiger charge is -2.25. The molecule has 0 saturated carbocycles. The van der Waals surface area contributed by atoms with Crippen molar-refractivity contribution in [2.45, 2.75) is 38.3 Å². The van der Waals surface area contributed by atoms with E-state index in [0.717, 1.165) is 44.6 Å². The zero-order valence-corrected chi connectivity index (χ0v) is 15.4. The number of rotatable bonds is 9. The molecule has 26 heavy (non-hydrogen) atoms. The lowest BCUT2D eigenvalue weighted by atomic mass is 10.1. The van der Waals surface area contributed by atoms with Crippen LogP contribution in [0.1, 0.15) is 30.4 Å². The Morgan fingerprint density at radius 3 is 2.96 bits per heavy atom. The van der Waals surface area contributed by atoms with E-state index in [2.05, 4.69) is 27.3 Å². The Hall–Kier alpha value is -2.40. The van der Waals surface area contributed by atoms with Gasteiger partial charge in [-0.3, -0.25) is 9.78 Å². The van der Waals surface area contributed by atoms with Crippen molar-refractivity contribution in [3.05, 3.63) is 59.9 Å². The molecule has 0 spiro atoms. The molecule has 5 nitrogen and oxygen atoms in total. The van der Waals surface area contributed by atoms with Gasteiger partial charge in [0.1, 0.15) is 5.75 Å². The van der Waals surface area contributed by atoms with Gasteiger partial charge in [0.25, 0.3) is 0 Å². The maximum absolute atomic E-state index is 12.3. The van der Waals surface area contributed by atoms with Crippen molar-refractivity contribution in [3.8, 4) is 5.75 Å². The fourth-order valence-corrected chi connectivity index (χ4v) is 3.48. The molecule has 0 bridgehead atoms. The van der Waals surface area contributed by atoms with Crippen molar-refractivity contribution in [1.82, 2.24) is 15.2 Å². The lowest BCUT2D eigenvalue weighted by molar-refractivity contribution is -0.129. The number of nitrogens with one attached hydrogen (secondary N) is 1. The average Bonchev–Trinajstić information content (AvgIpc) is 3.04. The number of methoxy groups -OCH3 is 1. The van der Waals surface area contributed by atoms with Crippen LogP contribution in [-0.2, 0) is 17.8 Å². The van der Waals surface area contributed by atoms with Crippen molar-refractivity contribution in [2.75, 3.05) is 20.2 Å². The molecule has 1 atom stereocenters. The first-order valence-electron chi connectivity index (χ1n) is 9.28. The van der Waals surface area contributed by atoms with E-state index >= 15 is 0 Å². The zero-order chi connectivity index (χ0) is 18.2. The molecule has 1 N–H and O–H groups in total. The normalized spacial score (nSPS) is 16.9. The Bertz CT molecular complexity index is 705. The molecular weight excluding hydrogens is 326 g/mol. The molecule has 2 heterocycles. The number of carbonyl (C=O) groups is 1. The predicted octanol–water partition coefficient (Wildman–Crippen LogP) is 2.80. The molecule has 5 heteroatoms. The fraction of sp³-hybridized carbons (Fsp3) is 0.429. The van der Waals surface area contributed by atoms with E-state index in [9.17, 15) is 4.79 Å². The summed E-state index contributed by atoms with van der Waals surface area (Å²) in [6, 6.07) is 12.4. The predicted molar refractivity (Wildman–Crippen MR) is 102 cm³/mol. The van der Waals surface area contributed by atoms with E-state index in [1.807, 2.05) is 30.5 Å². The molecule has 0 radical (unpaired) electrons. The van der Waals surface area contributed by atoms with Gasteiger partial charge < -0.3 is 15.0 Å². The van der Waals surface area contributed by atoms with Crippen molar-refractivity contribution < 1.29 is 9.53 Å². The second kappa shape index (κ2) is 9.34. The number of benzene rings is 1. The number of aromatic nitrogens is 1. The highest BCUT2D eigenvalue weighted by molar-refractivity contribution is 5.78. The number of amides is 1. The fourth-order valence-electron chi connectivity index (χ4n) is 3.48. The molecule has 1 saturated heterocycles. The van der Waals surface area contributed by atoms with Gasteiger partial charge in [-0.1, -0.05) is 18.2 Å². The van der Waals surface area contributed by atoms with Crippen molar-refractivity contribution in [1.29, 1.82) is 0 Å². The highest BCUT2D eigenvalue weighted by atomic mass is 16.5. The van der Waals surface area contributed by atoms with E-state index in [1.54, 1.807) is 13.3 Å². The van der Waals surface area contributed by atoms with Gasteiger partial charge in [-0.2, -0.15) is 0 Å². The van der Waals surface area contributed by atoms with Crippen LogP contribution in [-0.4, -0.2) is 42.0 Å². The summed E-state index contributed by atoms with van der Waals surface area (Å²) in [5.74, 6) is 1.15. The van der Waals surface area contributed by atoms with Crippen molar-refractivity contribution in [3.63, 3.8) is 0 Å². The smallest absolute Gasteiger partial charge is 0.222 e. The maximum atomic E-state index is 12.3. The second-order valence-corrected chi connectivity index (χ2v) is 6.71. The molecule has 2 aromatic rings. The van der Waals surface area contributed by atoms with Crippen LogP contribution in [0.3, 0.4) is 0 Å². The molecule has 1 aliphatic heterocycles.